The molecule has 0 saturated heterocycles. The van der Waals surface area contributed by atoms with Gasteiger partial charge >= 0.3 is 0 Å². The van der Waals surface area contributed by atoms with E-state index in [4.69, 9.17) is 11.1 Å². The van der Waals surface area contributed by atoms with E-state index in [0.29, 0.717) is 4.75 Å². The molecule has 0 bridgehead atoms. The normalized spacial score (nSPS) is 13.5. The maximum atomic E-state index is 7.46. The third kappa shape index (κ3) is 3.68. The summed E-state index contributed by atoms with van der Waals surface area (Å²) in [4.78, 5) is 1.20. The molecule has 0 unspecified atom stereocenters. The van der Waals surface area contributed by atoms with Crippen LogP contribution in [0, 0.1) is 5.41 Å². The Labute approximate surface area is 110 Å². The molecule has 0 fully saturated rings. The highest BCUT2D eigenvalue weighted by Gasteiger charge is 2.28. The number of benzene rings is 1. The smallest absolute Gasteiger partial charge is 0.122 e. The van der Waals surface area contributed by atoms with E-state index in [2.05, 4.69) is 39.3 Å². The molecule has 1 rings (SSSR count). The highest BCUT2D eigenvalue weighted by molar-refractivity contribution is 8.94. The molecule has 0 aliphatic rings. The Hall–Kier alpha value is -0.610. The highest BCUT2D eigenvalue weighted by Crippen LogP contribution is 2.65. The van der Waals surface area contributed by atoms with Crippen LogP contribution in [0.1, 0.15) is 26.3 Å². The van der Waals surface area contributed by atoms with E-state index in [1.54, 1.807) is 0 Å². The second kappa shape index (κ2) is 4.94. The molecule has 1 aromatic rings. The average molecular weight is 270 g/mol. The van der Waals surface area contributed by atoms with Crippen molar-refractivity contribution in [3.63, 3.8) is 0 Å². The van der Waals surface area contributed by atoms with E-state index in [0.717, 1.165) is 5.56 Å². The number of nitrogens with two attached hydrogens (primary N) is 1. The van der Waals surface area contributed by atoms with Crippen molar-refractivity contribution >= 4 is 25.7 Å². The fourth-order valence-electron chi connectivity index (χ4n) is 1.08. The quantitative estimate of drug-likeness (QED) is 0.498. The van der Waals surface area contributed by atoms with Crippen molar-refractivity contribution in [2.75, 3.05) is 12.5 Å². The maximum Gasteiger partial charge on any atom is 0.122 e. The molecule has 1 aromatic carbocycles. The SMILES string of the molecule is CC(C)(C)S(C)(C)Sc1cccc(C(=N)N)c1. The second-order valence-electron chi connectivity index (χ2n) is 5.37. The van der Waals surface area contributed by atoms with E-state index in [1.807, 2.05) is 29.0 Å². The van der Waals surface area contributed by atoms with Gasteiger partial charge in [-0.2, -0.15) is 9.06 Å². The van der Waals surface area contributed by atoms with Gasteiger partial charge in [0, 0.05) is 10.5 Å². The maximum absolute atomic E-state index is 7.46. The van der Waals surface area contributed by atoms with Gasteiger partial charge in [0.05, 0.1) is 0 Å². The van der Waals surface area contributed by atoms with Crippen molar-refractivity contribution in [1.82, 2.24) is 0 Å². The van der Waals surface area contributed by atoms with Gasteiger partial charge in [0.1, 0.15) is 5.84 Å². The molecule has 4 heteroatoms. The van der Waals surface area contributed by atoms with Crippen LogP contribution in [0.25, 0.3) is 0 Å². The summed E-state index contributed by atoms with van der Waals surface area (Å²) in [5, 5.41) is 7.46. The topological polar surface area (TPSA) is 49.9 Å². The van der Waals surface area contributed by atoms with E-state index in [1.165, 1.54) is 4.90 Å². The molecule has 0 amide bonds. The summed E-state index contributed by atoms with van der Waals surface area (Å²) in [6.07, 6.45) is 4.66. The number of hydrogen-bond donors (Lipinski definition) is 2. The van der Waals surface area contributed by atoms with Crippen molar-refractivity contribution < 1.29 is 0 Å². The molecular formula is C13H22N2S2. The van der Waals surface area contributed by atoms with Crippen LogP contribution in [-0.4, -0.2) is 23.1 Å². The van der Waals surface area contributed by atoms with Gasteiger partial charge in [0.25, 0.3) is 0 Å². The Morgan fingerprint density at radius 2 is 1.88 bits per heavy atom. The fraction of sp³-hybridized carbons (Fsp3) is 0.462. The van der Waals surface area contributed by atoms with Crippen molar-refractivity contribution in [2.24, 2.45) is 5.73 Å². The third-order valence-corrected chi connectivity index (χ3v) is 10.1. The van der Waals surface area contributed by atoms with E-state index in [9.17, 15) is 0 Å². The molecule has 0 aromatic heterocycles. The summed E-state index contributed by atoms with van der Waals surface area (Å²) in [5.74, 6) is 0.135. The predicted octanol–water partition coefficient (Wildman–Crippen LogP) is 3.84. The Balaban J connectivity index is 2.96. The first kappa shape index (κ1) is 14.5. The first-order valence-corrected chi connectivity index (χ1v) is 9.28. The van der Waals surface area contributed by atoms with Crippen LogP contribution in [0.2, 0.25) is 0 Å². The Bertz CT molecular complexity index is 420. The number of nitrogens with one attached hydrogen (secondary N) is 1. The molecule has 17 heavy (non-hydrogen) atoms. The van der Waals surface area contributed by atoms with Crippen molar-refractivity contribution in [3.8, 4) is 0 Å². The second-order valence-corrected chi connectivity index (χ2v) is 12.7. The van der Waals surface area contributed by atoms with Gasteiger partial charge in [-0.1, -0.05) is 43.7 Å². The molecule has 0 saturated carbocycles. The number of hydrogen-bond acceptors (Lipinski definition) is 2. The van der Waals surface area contributed by atoms with Crippen LogP contribution in [-0.2, 0) is 0 Å². The van der Waals surface area contributed by atoms with Crippen LogP contribution < -0.4 is 5.73 Å². The average Bonchev–Trinajstić information content (AvgIpc) is 2.15. The largest absolute Gasteiger partial charge is 0.384 e. The minimum atomic E-state index is -0.788. The summed E-state index contributed by atoms with van der Waals surface area (Å²) in [7, 11) is 1.13. The predicted molar refractivity (Wildman–Crippen MR) is 82.5 cm³/mol. The molecule has 0 aliphatic carbocycles. The molecule has 0 aliphatic heterocycles. The van der Waals surface area contributed by atoms with Gasteiger partial charge in [-0.05, 0) is 29.4 Å². The zero-order valence-corrected chi connectivity index (χ0v) is 12.8. The lowest BCUT2D eigenvalue weighted by Gasteiger charge is -2.43. The van der Waals surface area contributed by atoms with Crippen LogP contribution in [0.3, 0.4) is 0 Å². The van der Waals surface area contributed by atoms with E-state index < -0.39 is 9.06 Å². The number of rotatable bonds is 3. The molecule has 2 nitrogen and oxygen atoms in total. The molecule has 0 atom stereocenters. The summed E-state index contributed by atoms with van der Waals surface area (Å²) >= 11 is 0. The summed E-state index contributed by atoms with van der Waals surface area (Å²) in [6.45, 7) is 6.85. The molecule has 3 N–H and O–H groups in total. The minimum Gasteiger partial charge on any atom is -0.384 e. The highest BCUT2D eigenvalue weighted by atomic mass is 33.2. The summed E-state index contributed by atoms with van der Waals surface area (Å²) in [5.41, 5.74) is 6.32. The van der Waals surface area contributed by atoms with Crippen molar-refractivity contribution in [1.29, 1.82) is 5.41 Å². The van der Waals surface area contributed by atoms with Gasteiger partial charge in [0.15, 0.2) is 0 Å². The lowest BCUT2D eigenvalue weighted by Crippen LogP contribution is -2.20. The Morgan fingerprint density at radius 3 is 2.35 bits per heavy atom. The molecule has 96 valence electrons. The molecule has 0 spiro atoms. The minimum absolute atomic E-state index is 0.135. The van der Waals surface area contributed by atoms with Crippen LogP contribution in [0.15, 0.2) is 29.2 Å². The van der Waals surface area contributed by atoms with E-state index >= 15 is 0 Å². The monoisotopic (exact) mass is 270 g/mol. The zero-order chi connectivity index (χ0) is 13.3. The van der Waals surface area contributed by atoms with Gasteiger partial charge in [-0.15, -0.1) is 0 Å². The summed E-state index contributed by atoms with van der Waals surface area (Å²) < 4.78 is 0.296. The van der Waals surface area contributed by atoms with Crippen molar-refractivity contribution in [3.05, 3.63) is 29.8 Å². The lowest BCUT2D eigenvalue weighted by molar-refractivity contribution is 0.797. The van der Waals surface area contributed by atoms with Gasteiger partial charge in [-0.25, -0.2) is 0 Å². The standard InChI is InChI=1S/C13H22N2S2/c1-13(2,3)17(4,5)16-11-8-6-7-10(9-11)12(14)15/h6-9H,1-5H3,(H3,14,15). The van der Waals surface area contributed by atoms with Crippen LogP contribution in [0.4, 0.5) is 0 Å². The lowest BCUT2D eigenvalue weighted by atomic mass is 10.2. The molecular weight excluding hydrogens is 248 g/mol. The van der Waals surface area contributed by atoms with Crippen molar-refractivity contribution in [2.45, 2.75) is 30.4 Å². The molecule has 0 radical (unpaired) electrons. The third-order valence-electron chi connectivity index (χ3n) is 2.92. The number of nitrogen functional groups attached to an aromatic ring is 1. The van der Waals surface area contributed by atoms with Crippen LogP contribution >= 0.6 is 19.9 Å². The fourth-order valence-corrected chi connectivity index (χ4v) is 4.63. The summed E-state index contributed by atoms with van der Waals surface area (Å²) in [6, 6.07) is 7.95. The first-order valence-electron chi connectivity index (χ1n) is 5.50. The van der Waals surface area contributed by atoms with E-state index in [-0.39, 0.29) is 5.84 Å². The number of amidine groups is 1. The van der Waals surface area contributed by atoms with Gasteiger partial charge in [0.2, 0.25) is 0 Å². The zero-order valence-electron chi connectivity index (χ0n) is 11.2. The Kier molecular flexibility index (Phi) is 4.20. The molecule has 0 heterocycles. The Morgan fingerprint density at radius 1 is 1.29 bits per heavy atom. The van der Waals surface area contributed by atoms with Gasteiger partial charge < -0.3 is 5.73 Å². The van der Waals surface area contributed by atoms with Crippen LogP contribution in [0.5, 0.6) is 0 Å². The first-order chi connectivity index (χ1) is 7.63. The van der Waals surface area contributed by atoms with Gasteiger partial charge in [-0.3, -0.25) is 5.41 Å².